The Labute approximate surface area is 157 Å². The van der Waals surface area contributed by atoms with Gasteiger partial charge in [-0.1, -0.05) is 18.5 Å². The second-order valence-corrected chi connectivity index (χ2v) is 7.43. The van der Waals surface area contributed by atoms with E-state index in [9.17, 15) is 4.79 Å². The molecule has 0 aromatic carbocycles. The summed E-state index contributed by atoms with van der Waals surface area (Å²) < 4.78 is 0. The topological polar surface area (TPSA) is 74.2 Å². The van der Waals surface area contributed by atoms with Crippen LogP contribution in [-0.4, -0.2) is 41.0 Å². The van der Waals surface area contributed by atoms with Crippen molar-refractivity contribution in [3.8, 4) is 0 Å². The van der Waals surface area contributed by atoms with E-state index in [-0.39, 0.29) is 5.91 Å². The summed E-state index contributed by atoms with van der Waals surface area (Å²) in [6.45, 7) is 4.16. The van der Waals surface area contributed by atoms with E-state index in [1.807, 2.05) is 6.07 Å². The number of carbonyl (C=O) groups excluding carboxylic acids is 1. The SMILES string of the molecule is CC1CCCN(c2ncc(Cl)c(Nc3cnc4c(c3)CC(=O)N4C)n2)C1. The summed E-state index contributed by atoms with van der Waals surface area (Å²) in [5.74, 6) is 2.63. The molecule has 1 N–H and O–H groups in total. The number of fused-ring (bicyclic) bond motifs is 1. The van der Waals surface area contributed by atoms with Gasteiger partial charge in [0.1, 0.15) is 10.8 Å². The molecule has 0 spiro atoms. The molecule has 0 saturated carbocycles. The Morgan fingerprint density at radius 1 is 1.31 bits per heavy atom. The maximum Gasteiger partial charge on any atom is 0.232 e. The van der Waals surface area contributed by atoms with Gasteiger partial charge in [0.25, 0.3) is 0 Å². The fourth-order valence-corrected chi connectivity index (χ4v) is 3.65. The second-order valence-electron chi connectivity index (χ2n) is 7.02. The summed E-state index contributed by atoms with van der Waals surface area (Å²) >= 11 is 6.29. The molecule has 2 aromatic heterocycles. The average Bonchev–Trinajstić information content (AvgIpc) is 2.90. The predicted molar refractivity (Wildman–Crippen MR) is 102 cm³/mol. The van der Waals surface area contributed by atoms with Crippen LogP contribution in [0.4, 0.5) is 23.3 Å². The van der Waals surface area contributed by atoms with Gasteiger partial charge in [0.05, 0.1) is 24.5 Å². The van der Waals surface area contributed by atoms with Crippen LogP contribution in [0, 0.1) is 5.92 Å². The largest absolute Gasteiger partial charge is 0.341 e. The van der Waals surface area contributed by atoms with E-state index < -0.39 is 0 Å². The summed E-state index contributed by atoms with van der Waals surface area (Å²) in [5, 5.41) is 3.67. The number of nitrogens with one attached hydrogen (secondary N) is 1. The molecule has 4 heterocycles. The zero-order valence-electron chi connectivity index (χ0n) is 14.9. The smallest absolute Gasteiger partial charge is 0.232 e. The number of hydrogen-bond acceptors (Lipinski definition) is 6. The van der Waals surface area contributed by atoms with Crippen LogP contribution in [0.5, 0.6) is 0 Å². The van der Waals surface area contributed by atoms with Crippen molar-refractivity contribution in [2.24, 2.45) is 5.92 Å². The quantitative estimate of drug-likeness (QED) is 0.892. The van der Waals surface area contributed by atoms with Crippen LogP contribution in [0.25, 0.3) is 0 Å². The zero-order valence-corrected chi connectivity index (χ0v) is 15.6. The van der Waals surface area contributed by atoms with E-state index in [4.69, 9.17) is 11.6 Å². The molecule has 2 aliphatic rings. The lowest BCUT2D eigenvalue weighted by molar-refractivity contribution is -0.117. The average molecular weight is 373 g/mol. The highest BCUT2D eigenvalue weighted by molar-refractivity contribution is 6.32. The maximum absolute atomic E-state index is 11.8. The number of carbonyl (C=O) groups is 1. The van der Waals surface area contributed by atoms with Gasteiger partial charge in [-0.05, 0) is 24.8 Å². The fraction of sp³-hybridized carbons (Fsp3) is 0.444. The Morgan fingerprint density at radius 3 is 2.96 bits per heavy atom. The lowest BCUT2D eigenvalue weighted by atomic mass is 10.0. The van der Waals surface area contributed by atoms with Gasteiger partial charge in [0.15, 0.2) is 5.82 Å². The highest BCUT2D eigenvalue weighted by atomic mass is 35.5. The van der Waals surface area contributed by atoms with Gasteiger partial charge < -0.3 is 10.2 Å². The molecule has 26 heavy (non-hydrogen) atoms. The van der Waals surface area contributed by atoms with Crippen LogP contribution in [0.15, 0.2) is 18.5 Å². The van der Waals surface area contributed by atoms with Crippen LogP contribution in [0.2, 0.25) is 5.02 Å². The minimum absolute atomic E-state index is 0.0474. The Bertz CT molecular complexity index is 858. The van der Waals surface area contributed by atoms with Crippen molar-refractivity contribution in [3.63, 3.8) is 0 Å². The number of nitrogens with zero attached hydrogens (tertiary/aromatic N) is 5. The lowest BCUT2D eigenvalue weighted by Gasteiger charge is -2.31. The number of hydrogen-bond donors (Lipinski definition) is 1. The number of rotatable bonds is 3. The molecule has 4 rings (SSSR count). The minimum Gasteiger partial charge on any atom is -0.341 e. The molecule has 2 aromatic rings. The highest BCUT2D eigenvalue weighted by Crippen LogP contribution is 2.30. The minimum atomic E-state index is 0.0474. The van der Waals surface area contributed by atoms with Crippen LogP contribution in [-0.2, 0) is 11.2 Å². The molecular formula is C18H21ClN6O. The summed E-state index contributed by atoms with van der Waals surface area (Å²) in [5.41, 5.74) is 1.66. The van der Waals surface area contributed by atoms with Crippen molar-refractivity contribution in [2.45, 2.75) is 26.2 Å². The lowest BCUT2D eigenvalue weighted by Crippen LogP contribution is -2.35. The van der Waals surface area contributed by atoms with E-state index in [0.717, 1.165) is 30.8 Å². The van der Waals surface area contributed by atoms with Crippen molar-refractivity contribution >= 4 is 40.8 Å². The summed E-state index contributed by atoms with van der Waals surface area (Å²) in [7, 11) is 1.74. The Morgan fingerprint density at radius 2 is 2.15 bits per heavy atom. The van der Waals surface area contributed by atoms with E-state index in [2.05, 4.69) is 32.1 Å². The number of likely N-dealkylation sites (N-methyl/N-ethyl adjacent to an activating group) is 1. The molecule has 0 bridgehead atoms. The molecule has 0 aliphatic carbocycles. The van der Waals surface area contributed by atoms with Gasteiger partial charge in [0, 0.05) is 25.7 Å². The van der Waals surface area contributed by atoms with Crippen molar-refractivity contribution in [3.05, 3.63) is 29.0 Å². The number of halogens is 1. The maximum atomic E-state index is 11.8. The second kappa shape index (κ2) is 6.72. The number of pyridine rings is 1. The first-order chi connectivity index (χ1) is 12.5. The zero-order chi connectivity index (χ0) is 18.3. The predicted octanol–water partition coefficient (Wildman–Crippen LogP) is 3.02. The molecule has 1 amide bonds. The van der Waals surface area contributed by atoms with Crippen molar-refractivity contribution in [2.75, 3.05) is 35.3 Å². The first-order valence-corrected chi connectivity index (χ1v) is 9.19. The summed E-state index contributed by atoms with van der Waals surface area (Å²) in [4.78, 5) is 29.0. The number of amides is 1. The molecule has 1 fully saturated rings. The molecule has 1 unspecified atom stereocenters. The molecular weight excluding hydrogens is 352 g/mol. The van der Waals surface area contributed by atoms with Crippen LogP contribution in [0.3, 0.4) is 0 Å². The first-order valence-electron chi connectivity index (χ1n) is 8.81. The third-order valence-electron chi connectivity index (χ3n) is 4.91. The van der Waals surface area contributed by atoms with Gasteiger partial charge in [0.2, 0.25) is 11.9 Å². The molecule has 1 atom stereocenters. The van der Waals surface area contributed by atoms with E-state index in [1.54, 1.807) is 24.3 Å². The van der Waals surface area contributed by atoms with Gasteiger partial charge in [-0.15, -0.1) is 0 Å². The normalized spacial score (nSPS) is 19.7. The fourth-order valence-electron chi connectivity index (χ4n) is 3.51. The van der Waals surface area contributed by atoms with Crippen LogP contribution < -0.4 is 15.1 Å². The van der Waals surface area contributed by atoms with Crippen molar-refractivity contribution in [1.82, 2.24) is 15.0 Å². The first kappa shape index (κ1) is 17.0. The summed E-state index contributed by atoms with van der Waals surface area (Å²) in [6.07, 6.45) is 6.07. The van der Waals surface area contributed by atoms with Gasteiger partial charge in [-0.2, -0.15) is 4.98 Å². The van der Waals surface area contributed by atoms with Crippen LogP contribution >= 0.6 is 11.6 Å². The third kappa shape index (κ3) is 3.19. The number of piperidine rings is 1. The Balaban J connectivity index is 1.58. The highest BCUT2D eigenvalue weighted by Gasteiger charge is 2.26. The standard InChI is InChI=1S/C18H21ClN6O/c1-11-4-3-5-25(10-11)18-21-9-14(19)16(23-18)22-13-6-12-7-15(26)24(2)17(12)20-8-13/h6,8-9,11H,3-5,7,10H2,1-2H3,(H,21,22,23). The Hall–Kier alpha value is -2.41. The van der Waals surface area contributed by atoms with E-state index in [0.29, 0.717) is 34.9 Å². The van der Waals surface area contributed by atoms with E-state index >= 15 is 0 Å². The molecule has 2 aliphatic heterocycles. The van der Waals surface area contributed by atoms with Crippen molar-refractivity contribution < 1.29 is 4.79 Å². The molecule has 136 valence electrons. The summed E-state index contributed by atoms with van der Waals surface area (Å²) in [6, 6.07) is 1.92. The van der Waals surface area contributed by atoms with Gasteiger partial charge >= 0.3 is 0 Å². The molecule has 1 saturated heterocycles. The van der Waals surface area contributed by atoms with Crippen LogP contribution in [0.1, 0.15) is 25.3 Å². The van der Waals surface area contributed by atoms with Gasteiger partial charge in [-0.25, -0.2) is 9.97 Å². The van der Waals surface area contributed by atoms with Crippen molar-refractivity contribution in [1.29, 1.82) is 0 Å². The third-order valence-corrected chi connectivity index (χ3v) is 5.19. The van der Waals surface area contributed by atoms with E-state index in [1.165, 1.54) is 6.42 Å². The number of aromatic nitrogens is 3. The Kier molecular flexibility index (Phi) is 4.40. The molecule has 8 heteroatoms. The molecule has 7 nitrogen and oxygen atoms in total. The van der Waals surface area contributed by atoms with Gasteiger partial charge in [-0.3, -0.25) is 9.69 Å². The molecule has 0 radical (unpaired) electrons. The monoisotopic (exact) mass is 372 g/mol. The number of anilines is 4.